The van der Waals surface area contributed by atoms with E-state index in [1.54, 1.807) is 0 Å². The van der Waals surface area contributed by atoms with Crippen LogP contribution in [0, 0.1) is 5.92 Å². The van der Waals surface area contributed by atoms with Crippen LogP contribution in [0.1, 0.15) is 34.6 Å². The third kappa shape index (κ3) is 7.62. The van der Waals surface area contributed by atoms with Gasteiger partial charge >= 0.3 is 0 Å². The zero-order valence-electron chi connectivity index (χ0n) is 16.9. The van der Waals surface area contributed by atoms with Crippen molar-refractivity contribution in [1.82, 2.24) is 20.4 Å². The minimum Gasteiger partial charge on any atom is -0.357 e. The molecule has 142 valence electrons. The Morgan fingerprint density at radius 1 is 1.17 bits per heavy atom. The fraction of sp³-hybridized carbons (Fsp3) is 0.944. The van der Waals surface area contributed by atoms with Gasteiger partial charge in [0.1, 0.15) is 0 Å². The average molecular weight is 358 g/mol. The highest BCUT2D eigenvalue weighted by atomic mass is 32.2. The number of hydrogen-bond acceptors (Lipinski definition) is 4. The SMILES string of the molecule is CCNC(=NCC(C)(C)SC)NCC(C(C)C)N1CCN(C)CC1. The van der Waals surface area contributed by atoms with Crippen LogP contribution >= 0.6 is 11.8 Å². The van der Waals surface area contributed by atoms with Crippen molar-refractivity contribution in [2.75, 3.05) is 59.1 Å². The second-order valence-corrected chi connectivity index (χ2v) is 9.20. The molecule has 2 N–H and O–H groups in total. The number of aliphatic imine (C=N–C) groups is 1. The summed E-state index contributed by atoms with van der Waals surface area (Å²) in [6.07, 6.45) is 2.15. The van der Waals surface area contributed by atoms with E-state index in [-0.39, 0.29) is 4.75 Å². The van der Waals surface area contributed by atoms with Crippen LogP contribution < -0.4 is 10.6 Å². The molecule has 1 fully saturated rings. The Bertz CT molecular complexity index is 376. The minimum atomic E-state index is 0.178. The van der Waals surface area contributed by atoms with Crippen molar-refractivity contribution in [3.63, 3.8) is 0 Å². The van der Waals surface area contributed by atoms with Crippen LogP contribution in [-0.4, -0.2) is 85.7 Å². The van der Waals surface area contributed by atoms with Crippen LogP contribution in [0.15, 0.2) is 4.99 Å². The maximum absolute atomic E-state index is 4.79. The molecule has 0 saturated carbocycles. The third-order valence-electron chi connectivity index (χ3n) is 4.77. The molecule has 1 rings (SSSR count). The van der Waals surface area contributed by atoms with Crippen molar-refractivity contribution in [2.24, 2.45) is 10.9 Å². The van der Waals surface area contributed by atoms with E-state index in [0.717, 1.165) is 38.7 Å². The lowest BCUT2D eigenvalue weighted by atomic mass is 10.0. The summed E-state index contributed by atoms with van der Waals surface area (Å²) in [6, 6.07) is 0.552. The van der Waals surface area contributed by atoms with Gasteiger partial charge in [-0.15, -0.1) is 0 Å². The summed E-state index contributed by atoms with van der Waals surface area (Å²) < 4.78 is 0.178. The molecule has 1 atom stereocenters. The smallest absolute Gasteiger partial charge is 0.191 e. The van der Waals surface area contributed by atoms with Crippen LogP contribution in [0.5, 0.6) is 0 Å². The van der Waals surface area contributed by atoms with Gasteiger partial charge in [-0.3, -0.25) is 9.89 Å². The second-order valence-electron chi connectivity index (χ2n) is 7.69. The van der Waals surface area contributed by atoms with Crippen molar-refractivity contribution >= 4 is 17.7 Å². The van der Waals surface area contributed by atoms with Crippen LogP contribution in [0.25, 0.3) is 0 Å². The Balaban J connectivity index is 2.62. The number of nitrogens with one attached hydrogen (secondary N) is 2. The quantitative estimate of drug-likeness (QED) is 0.513. The van der Waals surface area contributed by atoms with Gasteiger partial charge in [0.05, 0.1) is 6.54 Å². The van der Waals surface area contributed by atoms with Gasteiger partial charge in [0.2, 0.25) is 0 Å². The number of guanidine groups is 1. The third-order valence-corrected chi connectivity index (χ3v) is 6.00. The van der Waals surface area contributed by atoms with E-state index in [2.05, 4.69) is 68.4 Å². The Labute approximate surface area is 154 Å². The van der Waals surface area contributed by atoms with E-state index < -0.39 is 0 Å². The van der Waals surface area contributed by atoms with E-state index >= 15 is 0 Å². The first kappa shape index (κ1) is 21.6. The highest BCUT2D eigenvalue weighted by Crippen LogP contribution is 2.21. The van der Waals surface area contributed by atoms with E-state index in [9.17, 15) is 0 Å². The van der Waals surface area contributed by atoms with Crippen molar-refractivity contribution in [3.8, 4) is 0 Å². The highest BCUT2D eigenvalue weighted by molar-refractivity contribution is 7.99. The molecule has 1 aliphatic rings. The standard InChI is InChI=1S/C18H39N5S/c1-8-19-17(21-14-18(4,5)24-7)20-13-16(15(2)3)23-11-9-22(6)10-12-23/h15-16H,8-14H2,1-7H3,(H2,19,20,21). The Morgan fingerprint density at radius 3 is 2.29 bits per heavy atom. The molecule has 1 saturated heterocycles. The molecule has 0 aliphatic carbocycles. The fourth-order valence-electron chi connectivity index (χ4n) is 2.82. The number of thioether (sulfide) groups is 1. The van der Waals surface area contributed by atoms with Crippen molar-refractivity contribution < 1.29 is 0 Å². The molecule has 0 amide bonds. The average Bonchev–Trinajstić information content (AvgIpc) is 2.54. The van der Waals surface area contributed by atoms with E-state index in [1.807, 2.05) is 11.8 Å². The van der Waals surface area contributed by atoms with Gasteiger partial charge in [-0.2, -0.15) is 11.8 Å². The topological polar surface area (TPSA) is 42.9 Å². The van der Waals surface area contributed by atoms with Crippen molar-refractivity contribution in [3.05, 3.63) is 0 Å². The first-order valence-electron chi connectivity index (χ1n) is 9.29. The number of rotatable bonds is 8. The van der Waals surface area contributed by atoms with Crippen LogP contribution in [0.4, 0.5) is 0 Å². The molecule has 0 spiro atoms. The second kappa shape index (κ2) is 10.5. The van der Waals surface area contributed by atoms with E-state index in [1.165, 1.54) is 13.1 Å². The summed E-state index contributed by atoms with van der Waals surface area (Å²) in [6.45, 7) is 18.6. The molecular formula is C18H39N5S. The lowest BCUT2D eigenvalue weighted by Crippen LogP contribution is -2.55. The first-order chi connectivity index (χ1) is 11.3. The summed E-state index contributed by atoms with van der Waals surface area (Å²) in [5.74, 6) is 1.57. The molecule has 24 heavy (non-hydrogen) atoms. The summed E-state index contributed by atoms with van der Waals surface area (Å²) in [4.78, 5) is 9.84. The summed E-state index contributed by atoms with van der Waals surface area (Å²) in [5, 5.41) is 6.97. The molecule has 0 aromatic carbocycles. The number of piperazine rings is 1. The molecular weight excluding hydrogens is 318 g/mol. The van der Waals surface area contributed by atoms with E-state index in [4.69, 9.17) is 4.99 Å². The minimum absolute atomic E-state index is 0.178. The lowest BCUT2D eigenvalue weighted by molar-refractivity contribution is 0.0900. The van der Waals surface area contributed by atoms with Crippen molar-refractivity contribution in [2.45, 2.75) is 45.4 Å². The molecule has 6 heteroatoms. The Hall–Kier alpha value is -0.460. The first-order valence-corrected chi connectivity index (χ1v) is 10.5. The summed E-state index contributed by atoms with van der Waals surface area (Å²) >= 11 is 1.86. The molecule has 0 bridgehead atoms. The number of likely N-dealkylation sites (N-methyl/N-ethyl adjacent to an activating group) is 1. The molecule has 1 unspecified atom stereocenters. The maximum atomic E-state index is 4.79. The molecule has 1 heterocycles. The zero-order valence-corrected chi connectivity index (χ0v) is 17.7. The fourth-order valence-corrected chi connectivity index (χ4v) is 3.01. The monoisotopic (exact) mass is 357 g/mol. The number of hydrogen-bond donors (Lipinski definition) is 2. The molecule has 0 radical (unpaired) electrons. The molecule has 1 aliphatic heterocycles. The lowest BCUT2D eigenvalue weighted by Gasteiger charge is -2.40. The van der Waals surface area contributed by atoms with Gasteiger partial charge in [0, 0.05) is 50.1 Å². The predicted molar refractivity (Wildman–Crippen MR) is 109 cm³/mol. The molecule has 0 aromatic heterocycles. The maximum Gasteiger partial charge on any atom is 0.191 e. The highest BCUT2D eigenvalue weighted by Gasteiger charge is 2.25. The normalized spacial score (nSPS) is 19.6. The van der Waals surface area contributed by atoms with Crippen LogP contribution in [-0.2, 0) is 0 Å². The van der Waals surface area contributed by atoms with Crippen LogP contribution in [0.2, 0.25) is 0 Å². The molecule has 0 aromatic rings. The zero-order chi connectivity index (χ0) is 18.2. The van der Waals surface area contributed by atoms with Gasteiger partial charge in [0.25, 0.3) is 0 Å². The molecule has 5 nitrogen and oxygen atoms in total. The van der Waals surface area contributed by atoms with Gasteiger partial charge < -0.3 is 15.5 Å². The van der Waals surface area contributed by atoms with E-state index in [0.29, 0.717) is 12.0 Å². The Morgan fingerprint density at radius 2 is 1.79 bits per heavy atom. The number of nitrogens with zero attached hydrogens (tertiary/aromatic N) is 3. The van der Waals surface area contributed by atoms with Gasteiger partial charge in [0.15, 0.2) is 5.96 Å². The van der Waals surface area contributed by atoms with Crippen LogP contribution in [0.3, 0.4) is 0 Å². The Kier molecular flexibility index (Phi) is 9.45. The summed E-state index contributed by atoms with van der Waals surface area (Å²) in [5.41, 5.74) is 0. The van der Waals surface area contributed by atoms with Gasteiger partial charge in [-0.1, -0.05) is 13.8 Å². The predicted octanol–water partition coefficient (Wildman–Crippen LogP) is 1.96. The van der Waals surface area contributed by atoms with Crippen molar-refractivity contribution in [1.29, 1.82) is 0 Å². The van der Waals surface area contributed by atoms with Gasteiger partial charge in [-0.05, 0) is 40.0 Å². The van der Waals surface area contributed by atoms with Gasteiger partial charge in [-0.25, -0.2) is 0 Å². The largest absolute Gasteiger partial charge is 0.357 e. The summed E-state index contributed by atoms with van der Waals surface area (Å²) in [7, 11) is 2.21.